The number of carbonyl (C=O) groups excluding carboxylic acids is 1. The second-order valence-electron chi connectivity index (χ2n) is 16.0. The van der Waals surface area contributed by atoms with Gasteiger partial charge in [0.25, 0.3) is 0 Å². The first-order chi connectivity index (χ1) is 24.0. The molecule has 3 heterocycles. The van der Waals surface area contributed by atoms with E-state index in [1.165, 1.54) is 27.3 Å². The Morgan fingerprint density at radius 2 is 1.58 bits per heavy atom. The number of allylic oxidation sites excluding steroid dienone is 2. The molecule has 2 aromatic carbocycles. The number of nitrogens with zero attached hydrogens (tertiary/aromatic N) is 2. The molecular formula is C46H59IrN2O2S-. The second-order valence-corrected chi connectivity index (χ2v) is 16.9. The average molecular weight is 896 g/mol. The van der Waals surface area contributed by atoms with E-state index < -0.39 is 0 Å². The molecule has 52 heavy (non-hydrogen) atoms. The van der Waals surface area contributed by atoms with Gasteiger partial charge in [-0.25, -0.2) is 4.98 Å². The van der Waals surface area contributed by atoms with Crippen molar-refractivity contribution in [2.45, 2.75) is 114 Å². The SMILES string of the molecule is CCC(C)(CC)C(=O)/C=C(\O)C(C)(CC)CC.[CH2-][n+]1ccc(-c2ccc3scc(CC(C)C)c3n2)cc1-c1[c-]c2ccccc2c(C(C)(C)C)c1.[Ir]. The van der Waals surface area contributed by atoms with Crippen molar-refractivity contribution in [1.82, 2.24) is 4.98 Å². The van der Waals surface area contributed by atoms with Gasteiger partial charge in [0.05, 0.1) is 22.1 Å². The van der Waals surface area contributed by atoms with E-state index in [2.05, 4.69) is 108 Å². The number of carbonyl (C=O) groups is 1. The smallest absolute Gasteiger partial charge is 0.164 e. The maximum atomic E-state index is 12.2. The number of aliphatic hydroxyl groups is 1. The van der Waals surface area contributed by atoms with Crippen molar-refractivity contribution in [2.75, 3.05) is 0 Å². The van der Waals surface area contributed by atoms with Gasteiger partial charge in [0.1, 0.15) is 11.5 Å². The van der Waals surface area contributed by atoms with E-state index >= 15 is 0 Å². The summed E-state index contributed by atoms with van der Waals surface area (Å²) < 4.78 is 3.18. The first-order valence-corrected chi connectivity index (χ1v) is 19.5. The van der Waals surface area contributed by atoms with Gasteiger partial charge in [-0.2, -0.15) is 0 Å². The first kappa shape index (κ1) is 43.1. The fourth-order valence-electron chi connectivity index (χ4n) is 6.30. The fraction of sp³-hybridized carbons (Fsp3) is 0.435. The van der Waals surface area contributed by atoms with Crippen molar-refractivity contribution in [2.24, 2.45) is 16.7 Å². The van der Waals surface area contributed by atoms with Crippen LogP contribution in [0.25, 0.3) is 43.5 Å². The van der Waals surface area contributed by atoms with Gasteiger partial charge in [-0.05, 0) is 84.2 Å². The van der Waals surface area contributed by atoms with Crippen LogP contribution < -0.4 is 4.57 Å². The van der Waals surface area contributed by atoms with Crippen LogP contribution in [0.1, 0.15) is 113 Å². The number of aromatic nitrogens is 2. The van der Waals surface area contributed by atoms with Gasteiger partial charge in [0.2, 0.25) is 0 Å². The molecule has 0 spiro atoms. The molecule has 0 saturated carbocycles. The maximum Gasteiger partial charge on any atom is 0.164 e. The van der Waals surface area contributed by atoms with Crippen LogP contribution in [0, 0.1) is 29.9 Å². The summed E-state index contributed by atoms with van der Waals surface area (Å²) >= 11 is 1.79. The Morgan fingerprint density at radius 1 is 0.942 bits per heavy atom. The molecule has 0 atom stereocenters. The van der Waals surface area contributed by atoms with Crippen LogP contribution in [0.15, 0.2) is 78.0 Å². The van der Waals surface area contributed by atoms with Crippen LogP contribution in [-0.4, -0.2) is 15.9 Å². The number of hydrogen-bond acceptors (Lipinski definition) is 4. The van der Waals surface area contributed by atoms with Crippen LogP contribution in [-0.2, 0) is 36.7 Å². The average Bonchev–Trinajstić information content (AvgIpc) is 3.51. The standard InChI is InChI=1S/C31H31N2S.C15H28O2.Ir/c1-20(2)15-24-19-34-29-12-11-27(32-30(24)29)22-13-14-33(6)28(18-22)23-16-21-9-7-8-10-25(21)26(17-23)31(3,4)5;1-7-14(5,8-2)12(16)11-13(17)15(6,9-3)10-4;/h7-14,17-20H,6,15H2,1-5H3;11,16H,7-10H2,1-6H3;/q-1;;/b;12-11-;. The molecule has 5 rings (SSSR count). The third-order valence-corrected chi connectivity index (χ3v) is 11.9. The zero-order valence-electron chi connectivity index (χ0n) is 33.2. The van der Waals surface area contributed by atoms with Crippen LogP contribution in [0.3, 0.4) is 0 Å². The molecule has 6 heteroatoms. The Bertz CT molecular complexity index is 2010. The monoisotopic (exact) mass is 896 g/mol. The molecule has 0 aliphatic heterocycles. The summed E-state index contributed by atoms with van der Waals surface area (Å²) in [5, 5.41) is 14.8. The quantitative estimate of drug-likeness (QED) is 0.0622. The van der Waals surface area contributed by atoms with Crippen molar-refractivity contribution in [3.05, 3.63) is 102 Å². The molecule has 4 nitrogen and oxygen atoms in total. The van der Waals surface area contributed by atoms with Crippen molar-refractivity contribution >= 4 is 38.1 Å². The summed E-state index contributed by atoms with van der Waals surface area (Å²) in [5.41, 5.74) is 7.39. The largest absolute Gasteiger partial charge is 0.512 e. The van der Waals surface area contributed by atoms with Crippen molar-refractivity contribution < 1.29 is 34.6 Å². The molecule has 1 radical (unpaired) electrons. The molecule has 3 aromatic heterocycles. The van der Waals surface area contributed by atoms with Gasteiger partial charge in [-0.1, -0.05) is 105 Å². The van der Waals surface area contributed by atoms with E-state index in [9.17, 15) is 9.90 Å². The minimum atomic E-state index is -0.337. The fourth-order valence-corrected chi connectivity index (χ4v) is 7.21. The van der Waals surface area contributed by atoms with E-state index in [0.717, 1.165) is 65.5 Å². The predicted octanol–water partition coefficient (Wildman–Crippen LogP) is 12.7. The molecule has 0 saturated heterocycles. The van der Waals surface area contributed by atoms with E-state index in [1.54, 1.807) is 11.3 Å². The number of aliphatic hydroxyl groups excluding tert-OH is 1. The number of pyridine rings is 2. The summed E-state index contributed by atoms with van der Waals surface area (Å²) in [6.45, 7) is 23.4. The zero-order chi connectivity index (χ0) is 37.7. The van der Waals surface area contributed by atoms with Crippen LogP contribution in [0.5, 0.6) is 0 Å². The summed E-state index contributed by atoms with van der Waals surface area (Å²) in [5.74, 6) is 0.894. The predicted molar refractivity (Wildman–Crippen MR) is 218 cm³/mol. The normalized spacial score (nSPS) is 12.5. The number of rotatable bonds is 11. The number of fused-ring (bicyclic) bond motifs is 2. The molecule has 0 aliphatic rings. The second kappa shape index (κ2) is 17.7. The Kier molecular flexibility index (Phi) is 14.6. The number of benzene rings is 2. The number of ketones is 1. The van der Waals surface area contributed by atoms with Gasteiger partial charge >= 0.3 is 0 Å². The van der Waals surface area contributed by atoms with E-state index in [4.69, 9.17) is 4.98 Å². The Morgan fingerprint density at radius 3 is 2.17 bits per heavy atom. The molecule has 0 amide bonds. The molecule has 0 fully saturated rings. The molecule has 0 unspecified atom stereocenters. The minimum absolute atomic E-state index is 0. The Labute approximate surface area is 331 Å². The van der Waals surface area contributed by atoms with Crippen LogP contribution in [0.2, 0.25) is 0 Å². The third kappa shape index (κ3) is 9.61. The van der Waals surface area contributed by atoms with Gasteiger partial charge in [0.15, 0.2) is 5.78 Å². The van der Waals surface area contributed by atoms with Crippen LogP contribution in [0.4, 0.5) is 0 Å². The molecule has 5 aromatic rings. The van der Waals surface area contributed by atoms with Crippen molar-refractivity contribution in [3.63, 3.8) is 0 Å². The van der Waals surface area contributed by atoms with E-state index in [1.807, 2.05) is 52.3 Å². The zero-order valence-corrected chi connectivity index (χ0v) is 36.5. The molecular weight excluding hydrogens is 837 g/mol. The third-order valence-electron chi connectivity index (χ3n) is 10.9. The van der Waals surface area contributed by atoms with Gasteiger partial charge in [-0.3, -0.25) is 4.79 Å². The number of thiophene rings is 1. The number of hydrogen-bond donors (Lipinski definition) is 1. The summed E-state index contributed by atoms with van der Waals surface area (Å²) in [4.78, 5) is 17.3. The van der Waals surface area contributed by atoms with Crippen molar-refractivity contribution in [1.29, 1.82) is 0 Å². The minimum Gasteiger partial charge on any atom is -0.512 e. The molecule has 0 bridgehead atoms. The summed E-state index contributed by atoms with van der Waals surface area (Å²) in [6.07, 6.45) is 7.83. The molecule has 0 aliphatic carbocycles. The first-order valence-electron chi connectivity index (χ1n) is 18.7. The molecule has 1 N–H and O–H groups in total. The van der Waals surface area contributed by atoms with Gasteiger partial charge in [-0.15, -0.1) is 40.5 Å². The van der Waals surface area contributed by atoms with Gasteiger partial charge in [0, 0.05) is 44.1 Å². The summed E-state index contributed by atoms with van der Waals surface area (Å²) in [6, 6.07) is 23.1. The van der Waals surface area contributed by atoms with Crippen LogP contribution >= 0.6 is 11.3 Å². The summed E-state index contributed by atoms with van der Waals surface area (Å²) in [7, 11) is 4.27. The Hall–Kier alpha value is -3.31. The maximum absolute atomic E-state index is 12.2. The Balaban J connectivity index is 0.000000347. The van der Waals surface area contributed by atoms with Gasteiger partial charge < -0.3 is 9.67 Å². The molecule has 281 valence electrons. The van der Waals surface area contributed by atoms with Crippen molar-refractivity contribution in [3.8, 4) is 22.5 Å². The van der Waals surface area contributed by atoms with E-state index in [-0.39, 0.29) is 47.9 Å². The topological polar surface area (TPSA) is 54.1 Å². The van der Waals surface area contributed by atoms with E-state index in [0.29, 0.717) is 5.92 Å².